The lowest BCUT2D eigenvalue weighted by atomic mass is 10.2. The first-order chi connectivity index (χ1) is 6.48. The van der Waals surface area contributed by atoms with Gasteiger partial charge in [-0.05, 0) is 6.26 Å². The van der Waals surface area contributed by atoms with Gasteiger partial charge in [0.1, 0.15) is 0 Å². The van der Waals surface area contributed by atoms with E-state index < -0.39 is 9.84 Å². The fraction of sp³-hybridized carbons (Fsp3) is 0.875. The van der Waals surface area contributed by atoms with Crippen molar-refractivity contribution in [3.8, 4) is 0 Å². The third-order valence-electron chi connectivity index (χ3n) is 2.27. The summed E-state index contributed by atoms with van der Waals surface area (Å²) in [5.41, 5.74) is 0. The highest BCUT2D eigenvalue weighted by molar-refractivity contribution is 8.01. The summed E-state index contributed by atoms with van der Waals surface area (Å²) in [5, 5.41) is 2.76. The zero-order chi connectivity index (χ0) is 10.8. The van der Waals surface area contributed by atoms with E-state index in [1.807, 2.05) is 6.26 Å². The Kier molecular flexibility index (Phi) is 3.83. The lowest BCUT2D eigenvalue weighted by Crippen LogP contribution is -2.41. The molecule has 0 saturated carbocycles. The van der Waals surface area contributed by atoms with Gasteiger partial charge in [0, 0.05) is 11.7 Å². The molecule has 6 heteroatoms. The average molecular weight is 237 g/mol. The monoisotopic (exact) mass is 237 g/mol. The molecule has 14 heavy (non-hydrogen) atoms. The van der Waals surface area contributed by atoms with Gasteiger partial charge in [-0.3, -0.25) is 4.79 Å². The number of hydrogen-bond acceptors (Lipinski definition) is 4. The first-order valence-electron chi connectivity index (χ1n) is 4.51. The highest BCUT2D eigenvalue weighted by Crippen LogP contribution is 2.22. The van der Waals surface area contributed by atoms with Gasteiger partial charge in [-0.25, -0.2) is 8.42 Å². The number of rotatable bonds is 3. The molecule has 1 heterocycles. The van der Waals surface area contributed by atoms with Gasteiger partial charge in [0.05, 0.1) is 17.5 Å². The summed E-state index contributed by atoms with van der Waals surface area (Å²) in [6.45, 7) is 1.76. The number of amides is 1. The van der Waals surface area contributed by atoms with Crippen LogP contribution in [-0.2, 0) is 14.6 Å². The SMILES string of the molecule is CCC(=O)N[C@@H]1CS(=O)(=O)C[C@@H]1SC. The highest BCUT2D eigenvalue weighted by Gasteiger charge is 2.37. The average Bonchev–Trinajstić information content (AvgIpc) is 2.40. The molecule has 4 nitrogen and oxygen atoms in total. The summed E-state index contributed by atoms with van der Waals surface area (Å²) in [5.74, 6) is 0.193. The quantitative estimate of drug-likeness (QED) is 0.753. The first-order valence-corrected chi connectivity index (χ1v) is 7.62. The maximum atomic E-state index is 11.3. The van der Waals surface area contributed by atoms with Crippen LogP contribution in [0.1, 0.15) is 13.3 Å². The molecule has 0 bridgehead atoms. The Bertz CT molecular complexity index is 313. The normalized spacial score (nSPS) is 30.1. The summed E-state index contributed by atoms with van der Waals surface area (Å²) in [6.07, 6.45) is 2.27. The van der Waals surface area contributed by atoms with Crippen LogP contribution >= 0.6 is 11.8 Å². The Morgan fingerprint density at radius 3 is 2.64 bits per heavy atom. The topological polar surface area (TPSA) is 63.2 Å². The number of sulfone groups is 1. The zero-order valence-corrected chi connectivity index (χ0v) is 9.95. The number of carbonyl (C=O) groups excluding carboxylic acids is 1. The minimum atomic E-state index is -2.95. The van der Waals surface area contributed by atoms with Gasteiger partial charge >= 0.3 is 0 Å². The molecule has 82 valence electrons. The van der Waals surface area contributed by atoms with Crippen molar-refractivity contribution in [1.82, 2.24) is 5.32 Å². The molecule has 0 unspecified atom stereocenters. The molecule has 2 atom stereocenters. The highest BCUT2D eigenvalue weighted by atomic mass is 32.2. The molecule has 1 N–H and O–H groups in total. The van der Waals surface area contributed by atoms with E-state index in [0.717, 1.165) is 0 Å². The summed E-state index contributed by atoms with van der Waals surface area (Å²) in [6, 6.07) is -0.206. The van der Waals surface area contributed by atoms with E-state index in [1.165, 1.54) is 11.8 Å². The van der Waals surface area contributed by atoms with E-state index >= 15 is 0 Å². The van der Waals surface area contributed by atoms with Gasteiger partial charge < -0.3 is 5.32 Å². The van der Waals surface area contributed by atoms with E-state index in [4.69, 9.17) is 0 Å². The summed E-state index contributed by atoms with van der Waals surface area (Å²) in [7, 11) is -2.95. The molecule has 1 rings (SSSR count). The summed E-state index contributed by atoms with van der Waals surface area (Å²) < 4.78 is 22.6. The molecular formula is C8H15NO3S2. The number of carbonyl (C=O) groups is 1. The van der Waals surface area contributed by atoms with Crippen LogP contribution in [0, 0.1) is 0 Å². The van der Waals surface area contributed by atoms with Crippen molar-refractivity contribution in [3.05, 3.63) is 0 Å². The van der Waals surface area contributed by atoms with Crippen LogP contribution in [0.3, 0.4) is 0 Å². The molecule has 1 aliphatic rings. The van der Waals surface area contributed by atoms with Crippen molar-refractivity contribution in [3.63, 3.8) is 0 Å². The second-order valence-corrected chi connectivity index (χ2v) is 6.61. The van der Waals surface area contributed by atoms with Crippen molar-refractivity contribution in [2.45, 2.75) is 24.6 Å². The number of thioether (sulfide) groups is 1. The Balaban J connectivity index is 2.64. The smallest absolute Gasteiger partial charge is 0.219 e. The third-order valence-corrected chi connectivity index (χ3v) is 5.32. The molecule has 0 aromatic rings. The molecule has 0 aromatic carbocycles. The summed E-state index contributed by atoms with van der Waals surface area (Å²) in [4.78, 5) is 11.1. The van der Waals surface area contributed by atoms with Crippen LogP contribution in [0.4, 0.5) is 0 Å². The van der Waals surface area contributed by atoms with Gasteiger partial charge in [-0.15, -0.1) is 0 Å². The molecular weight excluding hydrogens is 222 g/mol. The van der Waals surface area contributed by atoms with Crippen molar-refractivity contribution in [2.24, 2.45) is 0 Å². The van der Waals surface area contributed by atoms with E-state index in [-0.39, 0.29) is 28.7 Å². The van der Waals surface area contributed by atoms with E-state index in [2.05, 4.69) is 5.32 Å². The Morgan fingerprint density at radius 1 is 1.50 bits per heavy atom. The standard InChI is InChI=1S/C8H15NO3S2/c1-3-8(10)9-6-4-14(11,12)5-7(6)13-2/h6-7H,3-5H2,1-2H3,(H,9,10)/t6-,7+/m1/s1. The van der Waals surface area contributed by atoms with Crippen LogP contribution in [0.2, 0.25) is 0 Å². The second kappa shape index (κ2) is 4.53. The molecule has 0 aliphatic carbocycles. The molecule has 0 aromatic heterocycles. The molecule has 1 saturated heterocycles. The predicted molar refractivity (Wildman–Crippen MR) is 58.2 cm³/mol. The fourth-order valence-electron chi connectivity index (χ4n) is 1.49. The number of hydrogen-bond donors (Lipinski definition) is 1. The Hall–Kier alpha value is -0.230. The van der Waals surface area contributed by atoms with Crippen molar-refractivity contribution >= 4 is 27.5 Å². The van der Waals surface area contributed by atoms with Gasteiger partial charge in [-0.2, -0.15) is 11.8 Å². The van der Waals surface area contributed by atoms with Crippen LogP contribution in [0.15, 0.2) is 0 Å². The molecule has 1 fully saturated rings. The number of nitrogens with one attached hydrogen (secondary N) is 1. The van der Waals surface area contributed by atoms with Crippen molar-refractivity contribution < 1.29 is 13.2 Å². The van der Waals surface area contributed by atoms with Crippen LogP contribution in [0.5, 0.6) is 0 Å². The third kappa shape index (κ3) is 2.88. The van der Waals surface area contributed by atoms with Gasteiger partial charge in [0.2, 0.25) is 5.91 Å². The van der Waals surface area contributed by atoms with Crippen LogP contribution in [0.25, 0.3) is 0 Å². The minimum Gasteiger partial charge on any atom is -0.351 e. The lowest BCUT2D eigenvalue weighted by Gasteiger charge is -2.16. The first kappa shape index (κ1) is 11.8. The zero-order valence-electron chi connectivity index (χ0n) is 8.32. The Labute approximate surface area is 88.7 Å². The Morgan fingerprint density at radius 2 is 2.14 bits per heavy atom. The maximum absolute atomic E-state index is 11.3. The van der Waals surface area contributed by atoms with E-state index in [1.54, 1.807) is 6.92 Å². The fourth-order valence-corrected chi connectivity index (χ4v) is 5.00. The largest absolute Gasteiger partial charge is 0.351 e. The van der Waals surface area contributed by atoms with Gasteiger partial charge in [0.15, 0.2) is 9.84 Å². The molecule has 1 aliphatic heterocycles. The molecule has 0 spiro atoms. The van der Waals surface area contributed by atoms with Gasteiger partial charge in [0.25, 0.3) is 0 Å². The van der Waals surface area contributed by atoms with Crippen molar-refractivity contribution in [2.75, 3.05) is 17.8 Å². The van der Waals surface area contributed by atoms with Crippen LogP contribution < -0.4 is 5.32 Å². The van der Waals surface area contributed by atoms with Gasteiger partial charge in [-0.1, -0.05) is 6.92 Å². The summed E-state index contributed by atoms with van der Waals surface area (Å²) >= 11 is 1.50. The lowest BCUT2D eigenvalue weighted by molar-refractivity contribution is -0.121. The van der Waals surface area contributed by atoms with E-state index in [0.29, 0.717) is 6.42 Å². The van der Waals surface area contributed by atoms with Crippen molar-refractivity contribution in [1.29, 1.82) is 0 Å². The molecule has 0 radical (unpaired) electrons. The molecule has 1 amide bonds. The second-order valence-electron chi connectivity index (χ2n) is 3.38. The minimum absolute atomic E-state index is 0.00972. The maximum Gasteiger partial charge on any atom is 0.219 e. The predicted octanol–water partition coefficient (Wildman–Crippen LogP) is 0.0412. The van der Waals surface area contributed by atoms with Crippen LogP contribution in [-0.4, -0.2) is 43.4 Å². The van der Waals surface area contributed by atoms with E-state index in [9.17, 15) is 13.2 Å².